The average molecular weight is 441 g/mol. The summed E-state index contributed by atoms with van der Waals surface area (Å²) in [7, 11) is 1.64. The molecular formula is C25H20N4O2S. The summed E-state index contributed by atoms with van der Waals surface area (Å²) in [5.41, 5.74) is 3.16. The third kappa shape index (κ3) is 3.86. The molecule has 0 spiro atoms. The number of benzene rings is 3. The van der Waals surface area contributed by atoms with Crippen molar-refractivity contribution in [1.29, 1.82) is 0 Å². The molecule has 0 unspecified atom stereocenters. The first kappa shape index (κ1) is 20.0. The fourth-order valence-corrected chi connectivity index (χ4v) is 4.33. The maximum absolute atomic E-state index is 13.0. The van der Waals surface area contributed by atoms with Gasteiger partial charge in [-0.1, -0.05) is 42.5 Å². The number of amides is 1. The van der Waals surface area contributed by atoms with E-state index in [1.807, 2.05) is 85.1 Å². The van der Waals surface area contributed by atoms with E-state index in [0.717, 1.165) is 33.5 Å². The van der Waals surface area contributed by atoms with Gasteiger partial charge in [0.05, 0.1) is 18.5 Å². The second-order valence-corrected chi connectivity index (χ2v) is 8.18. The van der Waals surface area contributed by atoms with Crippen LogP contribution in [0.4, 0.5) is 5.82 Å². The molecule has 158 valence electrons. The normalized spacial score (nSPS) is 10.9. The van der Waals surface area contributed by atoms with Crippen LogP contribution in [0.3, 0.4) is 0 Å². The number of methoxy groups -OCH3 is 1. The molecule has 0 aliphatic heterocycles. The number of ether oxygens (including phenoxy) is 1. The predicted molar refractivity (Wildman–Crippen MR) is 128 cm³/mol. The van der Waals surface area contributed by atoms with Gasteiger partial charge in [-0.05, 0) is 42.0 Å². The van der Waals surface area contributed by atoms with Gasteiger partial charge in [-0.3, -0.25) is 4.79 Å². The van der Waals surface area contributed by atoms with E-state index >= 15 is 0 Å². The van der Waals surface area contributed by atoms with Gasteiger partial charge < -0.3 is 10.1 Å². The molecule has 7 heteroatoms. The molecule has 0 aliphatic rings. The first-order valence-electron chi connectivity index (χ1n) is 10.1. The first-order chi connectivity index (χ1) is 15.6. The lowest BCUT2D eigenvalue weighted by Gasteiger charge is -2.07. The molecule has 0 bridgehead atoms. The summed E-state index contributed by atoms with van der Waals surface area (Å²) in [6, 6.07) is 23.2. The van der Waals surface area contributed by atoms with Crippen molar-refractivity contribution < 1.29 is 9.53 Å². The Kier molecular flexibility index (Phi) is 5.17. The lowest BCUT2D eigenvalue weighted by atomic mass is 10.1. The Morgan fingerprint density at radius 1 is 1.00 bits per heavy atom. The number of carbonyl (C=O) groups excluding carboxylic acids is 1. The second kappa shape index (κ2) is 8.28. The Labute approximate surface area is 189 Å². The summed E-state index contributed by atoms with van der Waals surface area (Å²) in [6.45, 7) is 1.89. The molecule has 2 heterocycles. The zero-order valence-electron chi connectivity index (χ0n) is 17.6. The smallest absolute Gasteiger partial charge is 0.256 e. The van der Waals surface area contributed by atoms with Gasteiger partial charge >= 0.3 is 0 Å². The van der Waals surface area contributed by atoms with E-state index in [4.69, 9.17) is 9.72 Å². The zero-order valence-corrected chi connectivity index (χ0v) is 18.4. The number of rotatable bonds is 5. The number of anilines is 1. The van der Waals surface area contributed by atoms with Gasteiger partial charge in [-0.15, -0.1) is 11.3 Å². The van der Waals surface area contributed by atoms with E-state index in [2.05, 4.69) is 10.4 Å². The van der Waals surface area contributed by atoms with Gasteiger partial charge in [0.15, 0.2) is 0 Å². The summed E-state index contributed by atoms with van der Waals surface area (Å²) in [5.74, 6) is 1.16. The van der Waals surface area contributed by atoms with Crippen molar-refractivity contribution in [2.45, 2.75) is 6.92 Å². The largest absolute Gasteiger partial charge is 0.497 e. The van der Waals surface area contributed by atoms with Crippen LogP contribution in [0.25, 0.3) is 27.2 Å². The first-order valence-corrected chi connectivity index (χ1v) is 11.0. The van der Waals surface area contributed by atoms with E-state index in [-0.39, 0.29) is 5.91 Å². The van der Waals surface area contributed by atoms with Crippen molar-refractivity contribution in [2.24, 2.45) is 0 Å². The molecule has 1 N–H and O–H groups in total. The van der Waals surface area contributed by atoms with Crippen LogP contribution in [0.2, 0.25) is 0 Å². The van der Waals surface area contributed by atoms with Crippen molar-refractivity contribution in [1.82, 2.24) is 14.8 Å². The van der Waals surface area contributed by atoms with E-state index < -0.39 is 0 Å². The molecule has 6 nitrogen and oxygen atoms in total. The third-order valence-electron chi connectivity index (χ3n) is 5.12. The maximum atomic E-state index is 13.0. The van der Waals surface area contributed by atoms with Gasteiger partial charge in [-0.2, -0.15) is 9.78 Å². The summed E-state index contributed by atoms with van der Waals surface area (Å²) in [4.78, 5) is 17.7. The topological polar surface area (TPSA) is 69.0 Å². The molecule has 0 radical (unpaired) electrons. The van der Waals surface area contributed by atoms with E-state index in [0.29, 0.717) is 16.5 Å². The molecular weight excluding hydrogens is 420 g/mol. The van der Waals surface area contributed by atoms with Crippen LogP contribution in [0.5, 0.6) is 5.75 Å². The van der Waals surface area contributed by atoms with E-state index in [1.54, 1.807) is 11.8 Å². The molecule has 2 aromatic heterocycles. The Balaban J connectivity index is 1.44. The number of nitrogens with one attached hydrogen (secondary N) is 1. The van der Waals surface area contributed by atoms with Gasteiger partial charge in [0, 0.05) is 22.6 Å². The molecule has 32 heavy (non-hydrogen) atoms. The van der Waals surface area contributed by atoms with E-state index in [1.165, 1.54) is 11.3 Å². The lowest BCUT2D eigenvalue weighted by Crippen LogP contribution is -2.15. The summed E-state index contributed by atoms with van der Waals surface area (Å²) < 4.78 is 6.98. The van der Waals surface area contributed by atoms with Crippen molar-refractivity contribution in [3.05, 3.63) is 89.4 Å². The van der Waals surface area contributed by atoms with Crippen molar-refractivity contribution in [3.63, 3.8) is 0 Å². The number of nitrogens with zero attached hydrogens (tertiary/aromatic N) is 3. The van der Waals surface area contributed by atoms with E-state index in [9.17, 15) is 4.79 Å². The van der Waals surface area contributed by atoms with Crippen molar-refractivity contribution in [3.8, 4) is 22.1 Å². The van der Waals surface area contributed by atoms with Gasteiger partial charge in [0.1, 0.15) is 11.6 Å². The quantitative estimate of drug-likeness (QED) is 0.380. The molecule has 1 amide bonds. The highest BCUT2D eigenvalue weighted by atomic mass is 32.1. The Morgan fingerprint density at radius 2 is 1.84 bits per heavy atom. The fourth-order valence-electron chi connectivity index (χ4n) is 3.53. The number of aryl methyl sites for hydroxylation is 1. The Bertz CT molecular complexity index is 1440. The number of thiazole rings is 1. The minimum Gasteiger partial charge on any atom is -0.497 e. The minimum absolute atomic E-state index is 0.193. The highest BCUT2D eigenvalue weighted by molar-refractivity contribution is 7.12. The van der Waals surface area contributed by atoms with Crippen molar-refractivity contribution >= 4 is 33.8 Å². The molecule has 0 aliphatic carbocycles. The molecule has 0 saturated carbocycles. The number of hydrogen-bond donors (Lipinski definition) is 1. The lowest BCUT2D eigenvalue weighted by molar-refractivity contribution is 0.102. The van der Waals surface area contributed by atoms with Crippen LogP contribution in [0.1, 0.15) is 16.1 Å². The molecule has 5 rings (SSSR count). The Hall–Kier alpha value is -3.97. The van der Waals surface area contributed by atoms with Crippen LogP contribution < -0.4 is 10.1 Å². The second-order valence-electron chi connectivity index (χ2n) is 7.35. The monoisotopic (exact) mass is 440 g/mol. The molecule has 0 saturated heterocycles. The molecule has 0 fully saturated rings. The summed E-state index contributed by atoms with van der Waals surface area (Å²) in [6.07, 6.45) is 0. The van der Waals surface area contributed by atoms with Crippen LogP contribution in [0.15, 0.2) is 78.2 Å². The maximum Gasteiger partial charge on any atom is 0.256 e. The SMILES string of the molecule is COc1cccc(-c2csc(-n3nc(C)cc3NC(=O)c3ccc4ccccc4c3)n2)c1. The minimum atomic E-state index is -0.193. The number of fused-ring (bicyclic) bond motifs is 1. The van der Waals surface area contributed by atoms with Gasteiger partial charge in [0.25, 0.3) is 5.91 Å². The molecule has 5 aromatic rings. The predicted octanol–water partition coefficient (Wildman–Crippen LogP) is 5.72. The average Bonchev–Trinajstić information content (AvgIpc) is 3.45. The standard InChI is InChI=1S/C25H20N4O2S/c1-16-12-23(27-24(30)20-11-10-17-6-3-4-7-18(17)13-20)29(28-16)25-26-22(15-32-25)19-8-5-9-21(14-19)31-2/h3-15H,1-2H3,(H,27,30). The Morgan fingerprint density at radius 3 is 2.69 bits per heavy atom. The van der Waals surface area contributed by atoms with Crippen LogP contribution in [0, 0.1) is 6.92 Å². The highest BCUT2D eigenvalue weighted by Gasteiger charge is 2.16. The molecule has 3 aromatic carbocycles. The van der Waals surface area contributed by atoms with Crippen LogP contribution >= 0.6 is 11.3 Å². The number of carbonyl (C=O) groups is 1. The fraction of sp³-hybridized carbons (Fsp3) is 0.0800. The number of hydrogen-bond acceptors (Lipinski definition) is 5. The highest BCUT2D eigenvalue weighted by Crippen LogP contribution is 2.28. The van der Waals surface area contributed by atoms with Crippen LogP contribution in [-0.4, -0.2) is 27.8 Å². The zero-order chi connectivity index (χ0) is 22.1. The number of aromatic nitrogens is 3. The summed E-state index contributed by atoms with van der Waals surface area (Å²) in [5, 5.41) is 12.3. The molecule has 0 atom stereocenters. The van der Waals surface area contributed by atoms with Gasteiger partial charge in [0.2, 0.25) is 5.13 Å². The van der Waals surface area contributed by atoms with Gasteiger partial charge in [-0.25, -0.2) is 4.98 Å². The summed E-state index contributed by atoms with van der Waals surface area (Å²) >= 11 is 1.46. The third-order valence-corrected chi connectivity index (χ3v) is 5.94. The van der Waals surface area contributed by atoms with Crippen molar-refractivity contribution in [2.75, 3.05) is 12.4 Å². The van der Waals surface area contributed by atoms with Crippen LogP contribution in [-0.2, 0) is 0 Å².